The van der Waals surface area contributed by atoms with Gasteiger partial charge in [-0.3, -0.25) is 9.59 Å². The standard InChI is InChI=1S/C23H23N3O2/c27-22(15-14-18-8-3-1-4-9-18)26-21-13-7-12-20(16-21)24-17-23(28)25-19-10-5-2-6-11-19/h1-13,16,24H,14-15,17H2,(H,25,28)(H,26,27). The first-order valence-corrected chi connectivity index (χ1v) is 9.22. The number of hydrogen-bond donors (Lipinski definition) is 3. The minimum Gasteiger partial charge on any atom is -0.376 e. The molecule has 3 rings (SSSR count). The Balaban J connectivity index is 1.46. The number of nitrogens with one attached hydrogen (secondary N) is 3. The van der Waals surface area contributed by atoms with Gasteiger partial charge in [0, 0.05) is 23.5 Å². The summed E-state index contributed by atoms with van der Waals surface area (Å²) in [6.45, 7) is 0.139. The lowest BCUT2D eigenvalue weighted by Crippen LogP contribution is -2.21. The quantitative estimate of drug-likeness (QED) is 0.551. The average molecular weight is 373 g/mol. The summed E-state index contributed by atoms with van der Waals surface area (Å²) in [6.07, 6.45) is 1.12. The van der Waals surface area contributed by atoms with Crippen molar-refractivity contribution in [2.24, 2.45) is 0 Å². The van der Waals surface area contributed by atoms with E-state index in [1.807, 2.05) is 84.9 Å². The third kappa shape index (κ3) is 6.29. The van der Waals surface area contributed by atoms with Crippen LogP contribution >= 0.6 is 0 Å². The van der Waals surface area contributed by atoms with Gasteiger partial charge in [-0.1, -0.05) is 54.6 Å². The zero-order valence-corrected chi connectivity index (χ0v) is 15.5. The number of anilines is 3. The minimum absolute atomic E-state index is 0.0391. The molecule has 0 saturated heterocycles. The van der Waals surface area contributed by atoms with E-state index in [-0.39, 0.29) is 18.4 Å². The highest BCUT2D eigenvalue weighted by molar-refractivity contribution is 5.94. The monoisotopic (exact) mass is 373 g/mol. The van der Waals surface area contributed by atoms with Gasteiger partial charge in [0.25, 0.3) is 0 Å². The summed E-state index contributed by atoms with van der Waals surface area (Å²) in [6, 6.07) is 26.6. The van der Waals surface area contributed by atoms with E-state index < -0.39 is 0 Å². The Kier molecular flexibility index (Phi) is 6.79. The molecule has 142 valence electrons. The highest BCUT2D eigenvalue weighted by atomic mass is 16.2. The van der Waals surface area contributed by atoms with Crippen LogP contribution in [0, 0.1) is 0 Å². The Morgan fingerprint density at radius 2 is 1.25 bits per heavy atom. The summed E-state index contributed by atoms with van der Waals surface area (Å²) in [5.74, 6) is -0.175. The molecule has 3 N–H and O–H groups in total. The maximum absolute atomic E-state index is 12.2. The summed E-state index contributed by atoms with van der Waals surface area (Å²) in [7, 11) is 0. The minimum atomic E-state index is -0.136. The van der Waals surface area contributed by atoms with Crippen molar-refractivity contribution < 1.29 is 9.59 Å². The van der Waals surface area contributed by atoms with E-state index in [1.165, 1.54) is 0 Å². The lowest BCUT2D eigenvalue weighted by molar-refractivity contribution is -0.116. The molecule has 0 bridgehead atoms. The zero-order valence-electron chi connectivity index (χ0n) is 15.5. The van der Waals surface area contributed by atoms with Crippen molar-refractivity contribution in [1.82, 2.24) is 0 Å². The predicted molar refractivity (Wildman–Crippen MR) is 113 cm³/mol. The van der Waals surface area contributed by atoms with Gasteiger partial charge in [0.1, 0.15) is 0 Å². The van der Waals surface area contributed by atoms with Gasteiger partial charge in [-0.15, -0.1) is 0 Å². The Bertz CT molecular complexity index is 911. The summed E-state index contributed by atoms with van der Waals surface area (Å²) < 4.78 is 0. The molecular formula is C23H23N3O2. The summed E-state index contributed by atoms with van der Waals surface area (Å²) in [4.78, 5) is 24.2. The number of carbonyl (C=O) groups is 2. The van der Waals surface area contributed by atoms with Crippen molar-refractivity contribution in [3.8, 4) is 0 Å². The molecule has 5 heteroatoms. The van der Waals surface area contributed by atoms with Crippen molar-refractivity contribution in [2.45, 2.75) is 12.8 Å². The van der Waals surface area contributed by atoms with Gasteiger partial charge in [0.05, 0.1) is 6.54 Å². The molecule has 0 radical (unpaired) electrons. The molecule has 0 unspecified atom stereocenters. The highest BCUT2D eigenvalue weighted by Gasteiger charge is 2.05. The average Bonchev–Trinajstić information content (AvgIpc) is 2.73. The molecule has 0 heterocycles. The van der Waals surface area contributed by atoms with Crippen LogP contribution in [0.15, 0.2) is 84.9 Å². The number of amides is 2. The van der Waals surface area contributed by atoms with E-state index in [9.17, 15) is 9.59 Å². The Morgan fingerprint density at radius 3 is 2.00 bits per heavy atom. The summed E-state index contributed by atoms with van der Waals surface area (Å²) in [5, 5.41) is 8.79. The van der Waals surface area contributed by atoms with Crippen LogP contribution in [0.1, 0.15) is 12.0 Å². The van der Waals surface area contributed by atoms with Crippen molar-refractivity contribution in [3.05, 3.63) is 90.5 Å². The molecule has 3 aromatic rings. The summed E-state index contributed by atoms with van der Waals surface area (Å²) >= 11 is 0. The number of para-hydroxylation sites is 1. The van der Waals surface area contributed by atoms with Gasteiger partial charge in [0.15, 0.2) is 0 Å². The molecule has 0 atom stereocenters. The largest absolute Gasteiger partial charge is 0.376 e. The second-order valence-corrected chi connectivity index (χ2v) is 6.38. The number of benzene rings is 3. The Hall–Kier alpha value is -3.60. The topological polar surface area (TPSA) is 70.2 Å². The third-order valence-corrected chi connectivity index (χ3v) is 4.14. The van der Waals surface area contributed by atoms with E-state index in [1.54, 1.807) is 0 Å². The van der Waals surface area contributed by atoms with E-state index >= 15 is 0 Å². The second kappa shape index (κ2) is 9.92. The van der Waals surface area contributed by atoms with Gasteiger partial charge in [-0.05, 0) is 42.3 Å². The molecule has 0 fully saturated rings. The van der Waals surface area contributed by atoms with Crippen molar-refractivity contribution in [3.63, 3.8) is 0 Å². The molecule has 28 heavy (non-hydrogen) atoms. The second-order valence-electron chi connectivity index (χ2n) is 6.38. The van der Waals surface area contributed by atoms with E-state index in [0.717, 1.165) is 16.9 Å². The fourth-order valence-electron chi connectivity index (χ4n) is 2.74. The molecule has 0 aliphatic rings. The molecule has 0 aromatic heterocycles. The van der Waals surface area contributed by atoms with Crippen LogP contribution in [0.5, 0.6) is 0 Å². The van der Waals surface area contributed by atoms with Crippen LogP contribution < -0.4 is 16.0 Å². The van der Waals surface area contributed by atoms with E-state index in [4.69, 9.17) is 0 Å². The maximum atomic E-state index is 12.2. The molecule has 3 aromatic carbocycles. The van der Waals surface area contributed by atoms with E-state index in [2.05, 4.69) is 16.0 Å². The van der Waals surface area contributed by atoms with Crippen molar-refractivity contribution >= 4 is 28.9 Å². The first kappa shape index (κ1) is 19.2. The smallest absolute Gasteiger partial charge is 0.243 e. The molecule has 0 aliphatic heterocycles. The Labute approximate surface area is 164 Å². The van der Waals surface area contributed by atoms with Gasteiger partial charge >= 0.3 is 0 Å². The molecule has 0 aliphatic carbocycles. The lowest BCUT2D eigenvalue weighted by atomic mass is 10.1. The van der Waals surface area contributed by atoms with Crippen LogP contribution in [-0.4, -0.2) is 18.4 Å². The van der Waals surface area contributed by atoms with Gasteiger partial charge in [0.2, 0.25) is 11.8 Å². The lowest BCUT2D eigenvalue weighted by Gasteiger charge is -2.10. The van der Waals surface area contributed by atoms with Gasteiger partial charge < -0.3 is 16.0 Å². The van der Waals surface area contributed by atoms with Crippen LogP contribution in [0.25, 0.3) is 0 Å². The zero-order chi connectivity index (χ0) is 19.6. The molecule has 0 spiro atoms. The molecule has 5 nitrogen and oxygen atoms in total. The number of hydrogen-bond acceptors (Lipinski definition) is 3. The fourth-order valence-corrected chi connectivity index (χ4v) is 2.74. The first-order chi connectivity index (χ1) is 13.7. The number of rotatable bonds is 8. The first-order valence-electron chi connectivity index (χ1n) is 9.22. The van der Waals surface area contributed by atoms with Gasteiger partial charge in [-0.2, -0.15) is 0 Å². The summed E-state index contributed by atoms with van der Waals surface area (Å²) in [5.41, 5.74) is 3.36. The van der Waals surface area contributed by atoms with Crippen LogP contribution in [0.2, 0.25) is 0 Å². The molecule has 0 saturated carbocycles. The SMILES string of the molecule is O=C(CCc1ccccc1)Nc1cccc(NCC(=O)Nc2ccccc2)c1. The number of carbonyl (C=O) groups excluding carboxylic acids is 2. The normalized spacial score (nSPS) is 10.1. The Morgan fingerprint density at radius 1 is 0.643 bits per heavy atom. The number of aryl methyl sites for hydroxylation is 1. The van der Waals surface area contributed by atoms with Gasteiger partial charge in [-0.25, -0.2) is 0 Å². The van der Waals surface area contributed by atoms with Crippen molar-refractivity contribution in [2.75, 3.05) is 22.5 Å². The molecular weight excluding hydrogens is 350 g/mol. The maximum Gasteiger partial charge on any atom is 0.243 e. The fraction of sp³-hybridized carbons (Fsp3) is 0.130. The van der Waals surface area contributed by atoms with Crippen LogP contribution in [0.4, 0.5) is 17.1 Å². The highest BCUT2D eigenvalue weighted by Crippen LogP contribution is 2.16. The van der Waals surface area contributed by atoms with Crippen LogP contribution in [-0.2, 0) is 16.0 Å². The third-order valence-electron chi connectivity index (χ3n) is 4.14. The van der Waals surface area contributed by atoms with E-state index in [0.29, 0.717) is 18.5 Å². The van der Waals surface area contributed by atoms with Crippen LogP contribution in [0.3, 0.4) is 0 Å². The van der Waals surface area contributed by atoms with Crippen molar-refractivity contribution in [1.29, 1.82) is 0 Å². The molecule has 2 amide bonds. The predicted octanol–water partition coefficient (Wildman–Crippen LogP) is 4.31.